The number of aliphatic hydroxyl groups excluding tert-OH is 1. The van der Waals surface area contributed by atoms with Gasteiger partial charge in [-0.1, -0.05) is 25.3 Å². The molecule has 2 rings (SSSR count). The van der Waals surface area contributed by atoms with E-state index in [0.29, 0.717) is 5.69 Å². The van der Waals surface area contributed by atoms with Gasteiger partial charge in [-0.3, -0.25) is 10.1 Å². The molecular formula is C14H20N2O3. The maximum absolute atomic E-state index is 11.1. The number of hydrogen-bond donors (Lipinski definition) is 2. The van der Waals surface area contributed by atoms with E-state index in [9.17, 15) is 15.2 Å². The van der Waals surface area contributed by atoms with Crippen LogP contribution in [0.5, 0.6) is 0 Å². The third kappa shape index (κ3) is 3.44. The second kappa shape index (κ2) is 6.02. The van der Waals surface area contributed by atoms with Crippen LogP contribution >= 0.6 is 0 Å². The number of aliphatic hydroxyl groups is 1. The summed E-state index contributed by atoms with van der Waals surface area (Å²) in [6.45, 7) is 1.83. The highest BCUT2D eigenvalue weighted by Gasteiger charge is 2.24. The van der Waals surface area contributed by atoms with Crippen molar-refractivity contribution >= 4 is 11.4 Å². The quantitative estimate of drug-likeness (QED) is 0.500. The molecule has 2 N–H and O–H groups in total. The van der Waals surface area contributed by atoms with Crippen LogP contribution in [0, 0.1) is 17.0 Å². The van der Waals surface area contributed by atoms with E-state index in [2.05, 4.69) is 5.32 Å². The van der Waals surface area contributed by atoms with Gasteiger partial charge in [0, 0.05) is 6.07 Å². The molecular weight excluding hydrogens is 244 g/mol. The highest BCUT2D eigenvalue weighted by Crippen LogP contribution is 2.29. The van der Waals surface area contributed by atoms with E-state index >= 15 is 0 Å². The Morgan fingerprint density at radius 1 is 1.32 bits per heavy atom. The van der Waals surface area contributed by atoms with Gasteiger partial charge >= 0.3 is 0 Å². The van der Waals surface area contributed by atoms with Crippen LogP contribution in [-0.2, 0) is 0 Å². The Hall–Kier alpha value is -1.62. The molecule has 1 aromatic carbocycles. The summed E-state index contributed by atoms with van der Waals surface area (Å²) in [5.74, 6) is 0. The number of nitro benzene ring substituents is 1. The van der Waals surface area contributed by atoms with Gasteiger partial charge in [0.2, 0.25) is 0 Å². The molecule has 0 spiro atoms. The molecule has 2 atom stereocenters. The molecule has 5 heteroatoms. The number of anilines is 1. The minimum Gasteiger partial charge on any atom is -0.391 e. The van der Waals surface area contributed by atoms with Crippen molar-refractivity contribution < 1.29 is 10.0 Å². The Bertz CT molecular complexity index is 462. The van der Waals surface area contributed by atoms with Crippen molar-refractivity contribution in [1.29, 1.82) is 0 Å². The van der Waals surface area contributed by atoms with Gasteiger partial charge in [0.25, 0.3) is 5.69 Å². The van der Waals surface area contributed by atoms with E-state index in [0.717, 1.165) is 37.7 Å². The Morgan fingerprint density at radius 3 is 2.79 bits per heavy atom. The lowest BCUT2D eigenvalue weighted by atomic mass is 10.1. The average Bonchev–Trinajstić information content (AvgIpc) is 2.57. The summed E-state index contributed by atoms with van der Waals surface area (Å²) < 4.78 is 0. The number of nitrogens with one attached hydrogen (secondary N) is 1. The summed E-state index contributed by atoms with van der Waals surface area (Å²) in [6, 6.07) is 5.04. The molecule has 19 heavy (non-hydrogen) atoms. The van der Waals surface area contributed by atoms with Crippen molar-refractivity contribution in [3.63, 3.8) is 0 Å². The second-order valence-electron chi connectivity index (χ2n) is 5.23. The maximum Gasteiger partial charge on any atom is 0.292 e. The van der Waals surface area contributed by atoms with Gasteiger partial charge in [-0.2, -0.15) is 0 Å². The number of rotatable bonds is 3. The molecule has 0 radical (unpaired) electrons. The van der Waals surface area contributed by atoms with Gasteiger partial charge in [-0.25, -0.2) is 0 Å². The van der Waals surface area contributed by atoms with Crippen molar-refractivity contribution in [2.75, 3.05) is 5.32 Å². The lowest BCUT2D eigenvalue weighted by Crippen LogP contribution is -2.32. The molecule has 0 heterocycles. The Balaban J connectivity index is 2.19. The molecule has 0 aliphatic heterocycles. The molecule has 0 aromatic heterocycles. The zero-order chi connectivity index (χ0) is 13.8. The molecule has 1 aromatic rings. The van der Waals surface area contributed by atoms with Crippen LogP contribution in [0.25, 0.3) is 0 Å². The van der Waals surface area contributed by atoms with E-state index in [4.69, 9.17) is 0 Å². The maximum atomic E-state index is 11.1. The number of benzene rings is 1. The first-order chi connectivity index (χ1) is 9.08. The summed E-state index contributed by atoms with van der Waals surface area (Å²) >= 11 is 0. The first kappa shape index (κ1) is 13.8. The van der Waals surface area contributed by atoms with Gasteiger partial charge in [-0.05, 0) is 31.4 Å². The van der Waals surface area contributed by atoms with E-state index in [1.165, 1.54) is 0 Å². The van der Waals surface area contributed by atoms with Gasteiger partial charge in [-0.15, -0.1) is 0 Å². The molecule has 0 saturated heterocycles. The van der Waals surface area contributed by atoms with E-state index in [1.54, 1.807) is 12.1 Å². The summed E-state index contributed by atoms with van der Waals surface area (Å²) in [7, 11) is 0. The Kier molecular flexibility index (Phi) is 4.37. The largest absolute Gasteiger partial charge is 0.391 e. The van der Waals surface area contributed by atoms with Gasteiger partial charge < -0.3 is 10.4 Å². The van der Waals surface area contributed by atoms with Crippen LogP contribution in [0.2, 0.25) is 0 Å². The lowest BCUT2D eigenvalue weighted by molar-refractivity contribution is -0.384. The average molecular weight is 264 g/mol. The molecule has 1 aliphatic rings. The topological polar surface area (TPSA) is 75.4 Å². The van der Waals surface area contributed by atoms with Crippen LogP contribution in [0.3, 0.4) is 0 Å². The highest BCUT2D eigenvalue weighted by atomic mass is 16.6. The third-order valence-corrected chi connectivity index (χ3v) is 3.67. The van der Waals surface area contributed by atoms with E-state index in [1.807, 2.05) is 13.0 Å². The molecule has 104 valence electrons. The van der Waals surface area contributed by atoms with Crippen LogP contribution in [0.4, 0.5) is 11.4 Å². The monoisotopic (exact) mass is 264 g/mol. The fourth-order valence-corrected chi connectivity index (χ4v) is 2.57. The number of nitro groups is 1. The van der Waals surface area contributed by atoms with Crippen LogP contribution in [0.15, 0.2) is 18.2 Å². The molecule has 1 fully saturated rings. The van der Waals surface area contributed by atoms with Crippen LogP contribution in [0.1, 0.15) is 37.7 Å². The molecule has 2 unspecified atom stereocenters. The van der Waals surface area contributed by atoms with Crippen molar-refractivity contribution in [2.45, 2.75) is 51.2 Å². The molecule has 1 saturated carbocycles. The minimum absolute atomic E-state index is 0.0800. The van der Waals surface area contributed by atoms with Gasteiger partial charge in [0.15, 0.2) is 0 Å². The molecule has 1 aliphatic carbocycles. The summed E-state index contributed by atoms with van der Waals surface area (Å²) in [5.41, 5.74) is 1.44. The van der Waals surface area contributed by atoms with Crippen molar-refractivity contribution in [2.24, 2.45) is 0 Å². The van der Waals surface area contributed by atoms with Crippen molar-refractivity contribution in [1.82, 2.24) is 0 Å². The third-order valence-electron chi connectivity index (χ3n) is 3.67. The highest BCUT2D eigenvalue weighted by molar-refractivity contribution is 5.63. The summed E-state index contributed by atoms with van der Waals surface area (Å²) in [4.78, 5) is 10.7. The Morgan fingerprint density at radius 2 is 2.05 bits per heavy atom. The second-order valence-corrected chi connectivity index (χ2v) is 5.23. The smallest absolute Gasteiger partial charge is 0.292 e. The van der Waals surface area contributed by atoms with Crippen LogP contribution in [-0.4, -0.2) is 22.2 Å². The molecule has 0 bridgehead atoms. The Labute approximate surface area is 112 Å². The predicted octanol–water partition coefficient (Wildman–Crippen LogP) is 3.01. The summed E-state index contributed by atoms with van der Waals surface area (Å²) in [6.07, 6.45) is 4.38. The minimum atomic E-state index is -0.427. The van der Waals surface area contributed by atoms with Crippen molar-refractivity contribution in [3.8, 4) is 0 Å². The molecule has 0 amide bonds. The summed E-state index contributed by atoms with van der Waals surface area (Å²) in [5, 5.41) is 24.3. The number of nitrogens with zero attached hydrogens (tertiary/aromatic N) is 1. The first-order valence-corrected chi connectivity index (χ1v) is 6.77. The SMILES string of the molecule is Cc1ccc(NC2CCCCCC2O)c([N+](=O)[O-])c1. The van der Waals surface area contributed by atoms with E-state index in [-0.39, 0.29) is 16.7 Å². The fraction of sp³-hybridized carbons (Fsp3) is 0.571. The lowest BCUT2D eigenvalue weighted by Gasteiger charge is -2.22. The predicted molar refractivity (Wildman–Crippen MR) is 74.3 cm³/mol. The van der Waals surface area contributed by atoms with Crippen LogP contribution < -0.4 is 5.32 Å². The number of aryl methyl sites for hydroxylation is 1. The fourth-order valence-electron chi connectivity index (χ4n) is 2.57. The normalized spacial score (nSPS) is 23.7. The van der Waals surface area contributed by atoms with Gasteiger partial charge in [0.05, 0.1) is 17.1 Å². The van der Waals surface area contributed by atoms with Gasteiger partial charge in [0.1, 0.15) is 5.69 Å². The zero-order valence-electron chi connectivity index (χ0n) is 11.1. The number of hydrogen-bond acceptors (Lipinski definition) is 4. The van der Waals surface area contributed by atoms with E-state index < -0.39 is 6.10 Å². The van der Waals surface area contributed by atoms with Crippen molar-refractivity contribution in [3.05, 3.63) is 33.9 Å². The molecule has 5 nitrogen and oxygen atoms in total. The standard InChI is InChI=1S/C14H20N2O3/c1-10-7-8-11(13(9-10)16(18)19)15-12-5-3-2-4-6-14(12)17/h7-9,12,14-15,17H,2-6H2,1H3. The first-order valence-electron chi connectivity index (χ1n) is 6.77. The zero-order valence-corrected chi connectivity index (χ0v) is 11.1.